The molecule has 0 aliphatic carbocycles. The van der Waals surface area contributed by atoms with Crippen molar-refractivity contribution in [3.05, 3.63) is 89.5 Å². The molecule has 3 fully saturated rings. The summed E-state index contributed by atoms with van der Waals surface area (Å²) in [6, 6.07) is 19.1. The third-order valence-electron chi connectivity index (χ3n) is 10.1. The highest BCUT2D eigenvalue weighted by Gasteiger charge is 2.41. The highest BCUT2D eigenvalue weighted by atomic mass is 19.1. The minimum Gasteiger partial charge on any atom is -0.330 e. The van der Waals surface area contributed by atoms with E-state index in [9.17, 15) is 8.78 Å². The third-order valence-corrected chi connectivity index (χ3v) is 10.1. The van der Waals surface area contributed by atoms with Crippen LogP contribution in [0.3, 0.4) is 0 Å². The summed E-state index contributed by atoms with van der Waals surface area (Å²) in [5.41, 5.74) is 5.67. The fourth-order valence-corrected chi connectivity index (χ4v) is 7.87. The molecule has 2 N–H and O–H groups in total. The number of halogens is 2. The van der Waals surface area contributed by atoms with E-state index in [4.69, 9.17) is 9.97 Å². The Morgan fingerprint density at radius 2 is 1.16 bits per heavy atom. The van der Waals surface area contributed by atoms with E-state index in [1.165, 1.54) is 5.56 Å². The average molecular weight is 610 g/mol. The molecule has 1 unspecified atom stereocenters. The summed E-state index contributed by atoms with van der Waals surface area (Å²) in [7, 11) is 0. The highest BCUT2D eigenvalue weighted by Crippen LogP contribution is 2.47. The predicted molar refractivity (Wildman–Crippen MR) is 174 cm³/mol. The van der Waals surface area contributed by atoms with Crippen LogP contribution >= 0.6 is 0 Å². The number of aromatic nitrogens is 4. The van der Waals surface area contributed by atoms with Crippen LogP contribution in [-0.4, -0.2) is 32.2 Å². The Bertz CT molecular complexity index is 1750. The number of hydrogen-bond donors (Lipinski definition) is 2. The molecular formula is C36H41F2N7. The highest BCUT2D eigenvalue weighted by molar-refractivity contribution is 5.78. The van der Waals surface area contributed by atoms with Gasteiger partial charge in [0.2, 0.25) is 0 Å². The molecule has 0 radical (unpaired) electrons. The number of fused-ring (bicyclic) bond motifs is 2. The monoisotopic (exact) mass is 609 g/mol. The van der Waals surface area contributed by atoms with E-state index in [0.29, 0.717) is 11.0 Å². The lowest BCUT2D eigenvalue weighted by atomic mass is 9.87. The number of anilines is 1. The summed E-state index contributed by atoms with van der Waals surface area (Å²) < 4.78 is 33.7. The van der Waals surface area contributed by atoms with Gasteiger partial charge in [-0.1, -0.05) is 32.9 Å². The molecular weight excluding hydrogens is 568 g/mol. The molecule has 2 aromatic heterocycles. The largest absolute Gasteiger partial charge is 0.330 e. The van der Waals surface area contributed by atoms with Gasteiger partial charge in [-0.25, -0.2) is 18.7 Å². The number of rotatable bonds is 5. The number of nitrogens with one attached hydrogen (secondary N) is 2. The Morgan fingerprint density at radius 3 is 1.58 bits per heavy atom. The van der Waals surface area contributed by atoms with Crippen LogP contribution in [0, 0.1) is 11.6 Å². The molecule has 0 bridgehead atoms. The lowest BCUT2D eigenvalue weighted by Gasteiger charge is -2.36. The Kier molecular flexibility index (Phi) is 6.95. The number of nitrogens with zero attached hydrogens (tertiary/aromatic N) is 5. The maximum Gasteiger partial charge on any atom is 0.128 e. The number of imidazole rings is 2. The summed E-state index contributed by atoms with van der Waals surface area (Å²) in [6.07, 6.45) is 5.77. The van der Waals surface area contributed by atoms with E-state index in [0.717, 1.165) is 80.0 Å². The van der Waals surface area contributed by atoms with E-state index >= 15 is 0 Å². The molecule has 45 heavy (non-hydrogen) atoms. The summed E-state index contributed by atoms with van der Waals surface area (Å²) in [6.45, 7) is 8.60. The van der Waals surface area contributed by atoms with Crippen molar-refractivity contribution in [3.63, 3.8) is 0 Å². The van der Waals surface area contributed by atoms with Gasteiger partial charge in [0.05, 0.1) is 34.2 Å². The van der Waals surface area contributed by atoms with Gasteiger partial charge >= 0.3 is 0 Å². The van der Waals surface area contributed by atoms with Gasteiger partial charge < -0.3 is 24.7 Å². The Morgan fingerprint density at radius 1 is 0.667 bits per heavy atom. The van der Waals surface area contributed by atoms with Crippen molar-refractivity contribution in [2.75, 3.05) is 18.0 Å². The molecule has 7 nitrogen and oxygen atoms in total. The topological polar surface area (TPSA) is 62.9 Å². The van der Waals surface area contributed by atoms with Gasteiger partial charge in [0, 0.05) is 17.8 Å². The van der Waals surface area contributed by atoms with Crippen molar-refractivity contribution in [1.82, 2.24) is 29.7 Å². The van der Waals surface area contributed by atoms with Crippen LogP contribution in [0.1, 0.15) is 101 Å². The SMILES string of the molecule is CC(C)(C)c1ccc(N2C(n3c([C@@H]4CCCN4)nc4cc(F)ccc43)CC[C@H]2n2c([C@@H]3CCCN3)nc3cc(F)ccc32)cc1. The van der Waals surface area contributed by atoms with E-state index in [1.54, 1.807) is 24.3 Å². The van der Waals surface area contributed by atoms with Crippen LogP contribution in [0.2, 0.25) is 0 Å². The summed E-state index contributed by atoms with van der Waals surface area (Å²) >= 11 is 0. The zero-order chi connectivity index (χ0) is 30.9. The number of benzene rings is 3. The molecule has 9 heteroatoms. The lowest BCUT2D eigenvalue weighted by molar-refractivity contribution is 0.432. The van der Waals surface area contributed by atoms with Crippen LogP contribution in [0.25, 0.3) is 22.1 Å². The zero-order valence-corrected chi connectivity index (χ0v) is 26.2. The second-order valence-corrected chi connectivity index (χ2v) is 14.0. The Hall–Kier alpha value is -3.82. The first-order chi connectivity index (χ1) is 21.8. The average Bonchev–Trinajstić information content (AvgIpc) is 3.85. The molecule has 5 heterocycles. The van der Waals surface area contributed by atoms with E-state index in [-0.39, 0.29) is 41.5 Å². The molecule has 3 aliphatic heterocycles. The normalized spacial score (nSPS) is 24.1. The molecule has 3 aliphatic rings. The molecule has 8 rings (SSSR count). The van der Waals surface area contributed by atoms with Gasteiger partial charge in [-0.15, -0.1) is 0 Å². The standard InChI is InChI=1S/C36H41F2N7/c1-36(2,3)22-8-12-25(13-9-22)43-32(44-30-14-10-23(37)20-28(30)41-34(44)26-6-4-18-39-26)16-17-33(43)45-31-15-11-24(38)21-29(31)42-35(45)27-7-5-19-40-27/h8-15,20-21,26-27,32-33,39-40H,4-7,16-19H2,1-3H3/t26-,27-,32+,33?/m0/s1. The van der Waals surface area contributed by atoms with Crippen LogP contribution in [0.5, 0.6) is 0 Å². The summed E-state index contributed by atoms with van der Waals surface area (Å²) in [5, 5.41) is 7.30. The Labute approximate surface area is 262 Å². The minimum atomic E-state index is -0.275. The second-order valence-electron chi connectivity index (χ2n) is 14.0. The van der Waals surface area contributed by atoms with Gasteiger partial charge in [0.25, 0.3) is 0 Å². The van der Waals surface area contributed by atoms with Crippen molar-refractivity contribution < 1.29 is 8.78 Å². The fraction of sp³-hybridized carbons (Fsp3) is 0.444. The Balaban J connectivity index is 1.33. The second kappa shape index (κ2) is 10.9. The predicted octanol–water partition coefficient (Wildman–Crippen LogP) is 7.81. The first kappa shape index (κ1) is 28.6. The number of hydrogen-bond acceptors (Lipinski definition) is 5. The molecule has 3 saturated heterocycles. The van der Waals surface area contributed by atoms with Gasteiger partial charge in [-0.3, -0.25) is 0 Å². The van der Waals surface area contributed by atoms with E-state index in [2.05, 4.69) is 69.7 Å². The molecule has 3 aromatic carbocycles. The third kappa shape index (κ3) is 4.91. The molecule has 0 amide bonds. The lowest BCUT2D eigenvalue weighted by Crippen LogP contribution is -2.35. The molecule has 0 saturated carbocycles. The fourth-order valence-electron chi connectivity index (χ4n) is 7.87. The van der Waals surface area contributed by atoms with Crippen molar-refractivity contribution in [2.45, 2.75) is 89.1 Å². The van der Waals surface area contributed by atoms with Crippen molar-refractivity contribution >= 4 is 27.8 Å². The smallest absolute Gasteiger partial charge is 0.128 e. The summed E-state index contributed by atoms with van der Waals surface area (Å²) in [5.74, 6) is 1.38. The van der Waals surface area contributed by atoms with Gasteiger partial charge in [0.15, 0.2) is 0 Å². The van der Waals surface area contributed by atoms with Crippen molar-refractivity contribution in [3.8, 4) is 0 Å². The maximum absolute atomic E-state index is 14.5. The minimum absolute atomic E-state index is 0.0280. The van der Waals surface area contributed by atoms with Crippen LogP contribution in [0.15, 0.2) is 60.7 Å². The molecule has 4 atom stereocenters. The van der Waals surface area contributed by atoms with Gasteiger partial charge in [0.1, 0.15) is 35.6 Å². The van der Waals surface area contributed by atoms with E-state index in [1.807, 2.05) is 12.1 Å². The van der Waals surface area contributed by atoms with Crippen LogP contribution in [0.4, 0.5) is 14.5 Å². The molecule has 5 aromatic rings. The van der Waals surface area contributed by atoms with Crippen molar-refractivity contribution in [2.24, 2.45) is 0 Å². The first-order valence-corrected chi connectivity index (χ1v) is 16.5. The molecule has 0 spiro atoms. The van der Waals surface area contributed by atoms with E-state index < -0.39 is 0 Å². The quantitative estimate of drug-likeness (QED) is 0.213. The van der Waals surface area contributed by atoms with Gasteiger partial charge in [-0.2, -0.15) is 0 Å². The summed E-state index contributed by atoms with van der Waals surface area (Å²) in [4.78, 5) is 12.6. The zero-order valence-electron chi connectivity index (χ0n) is 26.2. The van der Waals surface area contributed by atoms with Crippen LogP contribution in [-0.2, 0) is 5.41 Å². The first-order valence-electron chi connectivity index (χ1n) is 16.5. The maximum atomic E-state index is 14.5. The van der Waals surface area contributed by atoms with Gasteiger partial charge in [-0.05, 0) is 99.0 Å². The van der Waals surface area contributed by atoms with Crippen molar-refractivity contribution in [1.29, 1.82) is 0 Å². The molecule has 234 valence electrons. The van der Waals surface area contributed by atoms with Crippen LogP contribution < -0.4 is 15.5 Å².